The van der Waals surface area contributed by atoms with Gasteiger partial charge in [0.25, 0.3) is 0 Å². The van der Waals surface area contributed by atoms with Crippen LogP contribution in [0, 0.1) is 0 Å². The highest BCUT2D eigenvalue weighted by Crippen LogP contribution is 2.19. The van der Waals surface area contributed by atoms with Crippen LogP contribution in [0.25, 0.3) is 0 Å². The fourth-order valence-electron chi connectivity index (χ4n) is 0.717. The third-order valence-corrected chi connectivity index (χ3v) is 1.37. The predicted molar refractivity (Wildman–Crippen MR) is 36.5 cm³/mol. The summed E-state index contributed by atoms with van der Waals surface area (Å²) in [6, 6.07) is -1.93. The van der Waals surface area contributed by atoms with Crippen LogP contribution in [0.2, 0.25) is 0 Å². The molecule has 74 valence electrons. The van der Waals surface area contributed by atoms with Crippen molar-refractivity contribution in [1.29, 1.82) is 0 Å². The second-order valence-electron chi connectivity index (χ2n) is 2.55. The second-order valence-corrected chi connectivity index (χ2v) is 2.55. The first-order chi connectivity index (χ1) is 5.89. The molecular formula is C5H8F3N5. The number of nitrogens with two attached hydrogens (primary N) is 1. The molecule has 1 aromatic heterocycles. The Morgan fingerprint density at radius 3 is 2.54 bits per heavy atom. The van der Waals surface area contributed by atoms with Crippen LogP contribution >= 0.6 is 0 Å². The zero-order valence-electron chi connectivity index (χ0n) is 6.78. The van der Waals surface area contributed by atoms with Crippen molar-refractivity contribution in [2.45, 2.75) is 18.6 Å². The summed E-state index contributed by atoms with van der Waals surface area (Å²) in [5.41, 5.74) is 4.85. The van der Waals surface area contributed by atoms with Crippen LogP contribution in [0.15, 0.2) is 0 Å². The van der Waals surface area contributed by atoms with E-state index in [1.165, 1.54) is 7.05 Å². The lowest BCUT2D eigenvalue weighted by atomic mass is 10.2. The van der Waals surface area contributed by atoms with Crippen LogP contribution in [-0.4, -0.2) is 32.4 Å². The third kappa shape index (κ3) is 2.65. The van der Waals surface area contributed by atoms with Crippen molar-refractivity contribution in [2.75, 3.05) is 0 Å². The number of aryl methyl sites for hydroxylation is 1. The minimum atomic E-state index is -4.42. The summed E-state index contributed by atoms with van der Waals surface area (Å²) in [6.45, 7) is 0. The van der Waals surface area contributed by atoms with Crippen molar-refractivity contribution < 1.29 is 13.2 Å². The van der Waals surface area contributed by atoms with Crippen molar-refractivity contribution in [3.63, 3.8) is 0 Å². The van der Waals surface area contributed by atoms with Gasteiger partial charge in [0.1, 0.15) is 6.04 Å². The van der Waals surface area contributed by atoms with Gasteiger partial charge in [0, 0.05) is 6.42 Å². The van der Waals surface area contributed by atoms with E-state index < -0.39 is 18.6 Å². The molecule has 0 bridgehead atoms. The lowest BCUT2D eigenvalue weighted by molar-refractivity contribution is -0.147. The van der Waals surface area contributed by atoms with Gasteiger partial charge in [-0.1, -0.05) is 0 Å². The smallest absolute Gasteiger partial charge is 0.320 e. The van der Waals surface area contributed by atoms with Crippen LogP contribution in [0.3, 0.4) is 0 Å². The first-order valence-electron chi connectivity index (χ1n) is 3.45. The molecule has 0 aliphatic rings. The van der Waals surface area contributed by atoms with Gasteiger partial charge in [-0.3, -0.25) is 0 Å². The van der Waals surface area contributed by atoms with E-state index in [0.717, 1.165) is 4.80 Å². The van der Waals surface area contributed by atoms with Crippen LogP contribution in [-0.2, 0) is 13.5 Å². The van der Waals surface area contributed by atoms with Gasteiger partial charge in [0.15, 0.2) is 5.82 Å². The monoisotopic (exact) mass is 195 g/mol. The molecule has 0 aromatic carbocycles. The van der Waals surface area contributed by atoms with E-state index in [2.05, 4.69) is 15.4 Å². The lowest BCUT2D eigenvalue weighted by Crippen LogP contribution is -2.39. The number of hydrogen-bond acceptors (Lipinski definition) is 4. The average Bonchev–Trinajstić information content (AvgIpc) is 2.33. The molecule has 0 aliphatic heterocycles. The Labute approximate surface area is 71.7 Å². The summed E-state index contributed by atoms with van der Waals surface area (Å²) >= 11 is 0. The van der Waals surface area contributed by atoms with E-state index in [1.807, 2.05) is 0 Å². The molecule has 13 heavy (non-hydrogen) atoms. The number of halogens is 3. The molecule has 0 spiro atoms. The van der Waals surface area contributed by atoms with Crippen LogP contribution in [0.5, 0.6) is 0 Å². The first kappa shape index (κ1) is 9.90. The fraction of sp³-hybridized carbons (Fsp3) is 0.800. The topological polar surface area (TPSA) is 69.6 Å². The third-order valence-electron chi connectivity index (χ3n) is 1.37. The minimum Gasteiger partial charge on any atom is -0.320 e. The van der Waals surface area contributed by atoms with Gasteiger partial charge in [-0.05, 0) is 5.21 Å². The lowest BCUT2D eigenvalue weighted by Gasteiger charge is -2.12. The molecule has 1 heterocycles. The van der Waals surface area contributed by atoms with Gasteiger partial charge >= 0.3 is 6.18 Å². The highest BCUT2D eigenvalue weighted by atomic mass is 19.4. The Morgan fingerprint density at radius 1 is 1.54 bits per heavy atom. The van der Waals surface area contributed by atoms with Gasteiger partial charge in [-0.15, -0.1) is 10.2 Å². The molecule has 1 aromatic rings. The molecule has 5 nitrogen and oxygen atoms in total. The zero-order chi connectivity index (χ0) is 10.1. The molecule has 0 aliphatic carbocycles. The molecule has 1 atom stereocenters. The van der Waals surface area contributed by atoms with Gasteiger partial charge in [-0.25, -0.2) is 0 Å². The number of nitrogens with zero attached hydrogens (tertiary/aromatic N) is 4. The summed E-state index contributed by atoms with van der Waals surface area (Å²) < 4.78 is 35.8. The van der Waals surface area contributed by atoms with Crippen molar-refractivity contribution in [1.82, 2.24) is 20.2 Å². The highest BCUT2D eigenvalue weighted by Gasteiger charge is 2.37. The Morgan fingerprint density at radius 2 is 2.15 bits per heavy atom. The number of aromatic nitrogens is 4. The number of tetrazole rings is 1. The van der Waals surface area contributed by atoms with Crippen molar-refractivity contribution in [3.8, 4) is 0 Å². The maximum Gasteiger partial charge on any atom is 0.404 e. The molecule has 0 fully saturated rings. The standard InChI is InChI=1S/C5H8F3N5/c1-13-11-4(10-12-13)2-3(9)5(6,7)8/h3H,2,9H2,1H3. The van der Waals surface area contributed by atoms with Gasteiger partial charge in [0.05, 0.1) is 7.05 Å². The second kappa shape index (κ2) is 3.29. The fourth-order valence-corrected chi connectivity index (χ4v) is 0.717. The predicted octanol–water partition coefficient (Wildman–Crippen LogP) is -0.358. The van der Waals surface area contributed by atoms with Gasteiger partial charge < -0.3 is 5.73 Å². The zero-order valence-corrected chi connectivity index (χ0v) is 6.78. The van der Waals surface area contributed by atoms with Crippen molar-refractivity contribution in [2.24, 2.45) is 12.8 Å². The van der Waals surface area contributed by atoms with Gasteiger partial charge in [-0.2, -0.15) is 18.0 Å². The van der Waals surface area contributed by atoms with E-state index >= 15 is 0 Å². The summed E-state index contributed by atoms with van der Waals surface area (Å²) in [7, 11) is 1.47. The average molecular weight is 195 g/mol. The molecule has 1 unspecified atom stereocenters. The number of alkyl halides is 3. The first-order valence-corrected chi connectivity index (χ1v) is 3.45. The van der Waals surface area contributed by atoms with Gasteiger partial charge in [0.2, 0.25) is 0 Å². The molecule has 2 N–H and O–H groups in total. The molecule has 0 saturated carbocycles. The quantitative estimate of drug-likeness (QED) is 0.699. The summed E-state index contributed by atoms with van der Waals surface area (Å²) in [4.78, 5) is 1.08. The SMILES string of the molecule is Cn1nnc(CC(N)C(F)(F)F)n1. The molecular weight excluding hydrogens is 187 g/mol. The Balaban J connectivity index is 2.60. The molecule has 0 radical (unpaired) electrons. The largest absolute Gasteiger partial charge is 0.404 e. The number of hydrogen-bond donors (Lipinski definition) is 1. The maximum atomic E-state index is 11.9. The van der Waals surface area contributed by atoms with Crippen molar-refractivity contribution in [3.05, 3.63) is 5.82 Å². The van der Waals surface area contributed by atoms with Crippen LogP contribution in [0.4, 0.5) is 13.2 Å². The van der Waals surface area contributed by atoms with Crippen LogP contribution < -0.4 is 5.73 Å². The van der Waals surface area contributed by atoms with E-state index in [1.54, 1.807) is 0 Å². The molecule has 0 saturated heterocycles. The van der Waals surface area contributed by atoms with E-state index in [4.69, 9.17) is 5.73 Å². The summed E-state index contributed by atoms with van der Waals surface area (Å²) in [6.07, 6.45) is -4.86. The molecule has 8 heteroatoms. The Kier molecular flexibility index (Phi) is 2.50. The van der Waals surface area contributed by atoms with E-state index in [0.29, 0.717) is 0 Å². The molecule has 1 rings (SSSR count). The van der Waals surface area contributed by atoms with E-state index in [-0.39, 0.29) is 5.82 Å². The summed E-state index contributed by atoms with van der Waals surface area (Å²) in [5, 5.41) is 10.4. The van der Waals surface area contributed by atoms with E-state index in [9.17, 15) is 13.2 Å². The van der Waals surface area contributed by atoms with Crippen molar-refractivity contribution >= 4 is 0 Å². The number of rotatable bonds is 2. The highest BCUT2D eigenvalue weighted by molar-refractivity contribution is 4.86. The minimum absolute atomic E-state index is 0.00711. The Hall–Kier alpha value is -1.18. The summed E-state index contributed by atoms with van der Waals surface area (Å²) in [5.74, 6) is -0.00711. The van der Waals surface area contributed by atoms with Crippen LogP contribution in [0.1, 0.15) is 5.82 Å². The normalized spacial score (nSPS) is 14.5. The Bertz CT molecular complexity index is 280. The molecule has 0 amide bonds. The maximum absolute atomic E-state index is 11.9.